The maximum absolute atomic E-state index is 11.8. The molecular formula is C17H13NO2. The highest BCUT2D eigenvalue weighted by Crippen LogP contribution is 2.30. The molecule has 0 aliphatic carbocycles. The predicted octanol–water partition coefficient (Wildman–Crippen LogP) is 3.63. The molecule has 0 bridgehead atoms. The zero-order chi connectivity index (χ0) is 13.9. The number of rotatable bonds is 2. The van der Waals surface area contributed by atoms with E-state index in [-0.39, 0.29) is 0 Å². The summed E-state index contributed by atoms with van der Waals surface area (Å²) < 4.78 is 0. The van der Waals surface area contributed by atoms with Gasteiger partial charge in [-0.3, -0.25) is 10.0 Å². The molecule has 20 heavy (non-hydrogen) atoms. The van der Waals surface area contributed by atoms with Crippen LogP contribution in [0.4, 0.5) is 0 Å². The molecule has 98 valence electrons. The molecule has 3 heteroatoms. The van der Waals surface area contributed by atoms with E-state index < -0.39 is 5.91 Å². The third-order valence-electron chi connectivity index (χ3n) is 3.35. The Hall–Kier alpha value is -2.65. The fourth-order valence-corrected chi connectivity index (χ4v) is 2.44. The molecule has 0 heterocycles. The zero-order valence-electron chi connectivity index (χ0n) is 10.7. The summed E-state index contributed by atoms with van der Waals surface area (Å²) in [6.07, 6.45) is 0. The molecule has 0 unspecified atom stereocenters. The van der Waals surface area contributed by atoms with Gasteiger partial charge in [-0.1, -0.05) is 60.7 Å². The summed E-state index contributed by atoms with van der Waals surface area (Å²) in [7, 11) is 0. The van der Waals surface area contributed by atoms with Gasteiger partial charge >= 0.3 is 0 Å². The molecule has 3 rings (SSSR count). The number of carbonyl (C=O) groups excluding carboxylic acids is 1. The number of hydrogen-bond donors (Lipinski definition) is 2. The maximum atomic E-state index is 11.8. The van der Waals surface area contributed by atoms with Gasteiger partial charge < -0.3 is 0 Å². The number of fused-ring (bicyclic) bond motifs is 1. The Morgan fingerprint density at radius 1 is 0.800 bits per heavy atom. The topological polar surface area (TPSA) is 49.3 Å². The largest absolute Gasteiger partial charge is 0.288 e. The van der Waals surface area contributed by atoms with Gasteiger partial charge in [0.05, 0.1) is 0 Å². The van der Waals surface area contributed by atoms with Crippen molar-refractivity contribution in [1.29, 1.82) is 0 Å². The summed E-state index contributed by atoms with van der Waals surface area (Å²) in [5, 5.41) is 11.1. The van der Waals surface area contributed by atoms with E-state index in [1.165, 1.54) is 0 Å². The molecule has 3 aromatic rings. The van der Waals surface area contributed by atoms with Crippen LogP contribution < -0.4 is 5.48 Å². The summed E-state index contributed by atoms with van der Waals surface area (Å²) in [4.78, 5) is 11.8. The number of carbonyl (C=O) groups is 1. The lowest BCUT2D eigenvalue weighted by atomic mass is 9.94. The van der Waals surface area contributed by atoms with Crippen molar-refractivity contribution in [3.8, 4) is 11.1 Å². The zero-order valence-corrected chi connectivity index (χ0v) is 10.7. The summed E-state index contributed by atoms with van der Waals surface area (Å²) in [5.41, 5.74) is 3.93. The van der Waals surface area contributed by atoms with E-state index in [1.54, 1.807) is 17.6 Å². The molecule has 3 aromatic carbocycles. The first-order valence-corrected chi connectivity index (χ1v) is 6.33. The van der Waals surface area contributed by atoms with E-state index >= 15 is 0 Å². The van der Waals surface area contributed by atoms with Crippen molar-refractivity contribution < 1.29 is 10.0 Å². The average Bonchev–Trinajstić information content (AvgIpc) is 2.53. The molecule has 0 aromatic heterocycles. The molecule has 0 saturated carbocycles. The van der Waals surface area contributed by atoms with Crippen molar-refractivity contribution in [3.63, 3.8) is 0 Å². The third-order valence-corrected chi connectivity index (χ3v) is 3.35. The second kappa shape index (κ2) is 5.15. The molecule has 0 saturated heterocycles. The van der Waals surface area contributed by atoms with E-state index in [0.717, 1.165) is 21.9 Å². The minimum absolute atomic E-state index is 0.450. The minimum atomic E-state index is -0.506. The smallest absolute Gasteiger partial charge is 0.275 e. The first kappa shape index (κ1) is 12.4. The number of hydroxylamine groups is 1. The van der Waals surface area contributed by atoms with E-state index in [0.29, 0.717) is 5.56 Å². The summed E-state index contributed by atoms with van der Waals surface area (Å²) in [6.45, 7) is 0. The van der Waals surface area contributed by atoms with Crippen molar-refractivity contribution in [2.45, 2.75) is 0 Å². The molecular weight excluding hydrogens is 250 g/mol. The van der Waals surface area contributed by atoms with Crippen LogP contribution in [0.2, 0.25) is 0 Å². The van der Waals surface area contributed by atoms with Crippen LogP contribution in [-0.2, 0) is 0 Å². The van der Waals surface area contributed by atoms with E-state index in [2.05, 4.69) is 0 Å². The van der Waals surface area contributed by atoms with Crippen LogP contribution in [0.5, 0.6) is 0 Å². The standard InChI is InChI=1S/C17H13NO2/c19-17(18-20)16-10-4-3-9-15(16)14-11-5-7-12-6-1-2-8-13(12)14/h1-11,20H,(H,18,19). The van der Waals surface area contributed by atoms with Gasteiger partial charge in [0.2, 0.25) is 0 Å². The number of amides is 1. The maximum Gasteiger partial charge on any atom is 0.275 e. The van der Waals surface area contributed by atoms with Gasteiger partial charge in [-0.2, -0.15) is 0 Å². The fourth-order valence-electron chi connectivity index (χ4n) is 2.44. The van der Waals surface area contributed by atoms with Gasteiger partial charge in [-0.15, -0.1) is 0 Å². The average molecular weight is 263 g/mol. The predicted molar refractivity (Wildman–Crippen MR) is 78.6 cm³/mol. The van der Waals surface area contributed by atoms with Gasteiger partial charge in [0.25, 0.3) is 5.91 Å². The van der Waals surface area contributed by atoms with Crippen LogP contribution in [-0.4, -0.2) is 11.1 Å². The Kier molecular flexibility index (Phi) is 3.19. The molecule has 3 nitrogen and oxygen atoms in total. The summed E-state index contributed by atoms with van der Waals surface area (Å²) in [5.74, 6) is -0.506. The molecule has 0 aliphatic heterocycles. The van der Waals surface area contributed by atoms with Gasteiger partial charge in [0.15, 0.2) is 0 Å². The van der Waals surface area contributed by atoms with Crippen molar-refractivity contribution >= 4 is 16.7 Å². The van der Waals surface area contributed by atoms with Crippen molar-refractivity contribution in [1.82, 2.24) is 5.48 Å². The van der Waals surface area contributed by atoms with E-state index in [4.69, 9.17) is 5.21 Å². The second-order valence-corrected chi connectivity index (χ2v) is 4.51. The SMILES string of the molecule is O=C(NO)c1ccccc1-c1cccc2ccccc12. The van der Waals surface area contributed by atoms with Crippen LogP contribution in [0.1, 0.15) is 10.4 Å². The van der Waals surface area contributed by atoms with Gasteiger partial charge in [-0.05, 0) is 28.0 Å². The van der Waals surface area contributed by atoms with Gasteiger partial charge in [-0.25, -0.2) is 5.48 Å². The highest BCUT2D eigenvalue weighted by Gasteiger charge is 2.13. The fraction of sp³-hybridized carbons (Fsp3) is 0. The van der Waals surface area contributed by atoms with Gasteiger partial charge in [0, 0.05) is 5.56 Å². The molecule has 0 spiro atoms. The lowest BCUT2D eigenvalue weighted by Gasteiger charge is -2.10. The Morgan fingerprint density at radius 3 is 2.30 bits per heavy atom. The number of benzene rings is 3. The Balaban J connectivity index is 2.29. The molecule has 1 amide bonds. The summed E-state index contributed by atoms with van der Waals surface area (Å²) in [6, 6.07) is 21.2. The first-order valence-electron chi connectivity index (χ1n) is 6.33. The monoisotopic (exact) mass is 263 g/mol. The number of hydrogen-bond acceptors (Lipinski definition) is 2. The molecule has 2 N–H and O–H groups in total. The highest BCUT2D eigenvalue weighted by molar-refractivity contribution is 6.05. The van der Waals surface area contributed by atoms with Crippen LogP contribution in [0.15, 0.2) is 66.7 Å². The molecule has 0 atom stereocenters. The number of nitrogens with one attached hydrogen (secondary N) is 1. The Bertz CT molecular complexity index is 775. The van der Waals surface area contributed by atoms with Crippen LogP contribution in [0, 0.1) is 0 Å². The highest BCUT2D eigenvalue weighted by atomic mass is 16.5. The van der Waals surface area contributed by atoms with E-state index in [1.807, 2.05) is 54.6 Å². The molecule has 0 radical (unpaired) electrons. The Morgan fingerprint density at radius 2 is 1.45 bits per heavy atom. The summed E-state index contributed by atoms with van der Waals surface area (Å²) >= 11 is 0. The third kappa shape index (κ3) is 2.04. The van der Waals surface area contributed by atoms with Gasteiger partial charge in [0.1, 0.15) is 0 Å². The molecule has 0 fully saturated rings. The van der Waals surface area contributed by atoms with Crippen LogP contribution >= 0.6 is 0 Å². The molecule has 0 aliphatic rings. The van der Waals surface area contributed by atoms with Crippen molar-refractivity contribution in [2.75, 3.05) is 0 Å². The first-order chi connectivity index (χ1) is 9.81. The second-order valence-electron chi connectivity index (χ2n) is 4.51. The normalized spacial score (nSPS) is 10.4. The van der Waals surface area contributed by atoms with Crippen LogP contribution in [0.3, 0.4) is 0 Å². The Labute approximate surface area is 116 Å². The minimum Gasteiger partial charge on any atom is -0.288 e. The van der Waals surface area contributed by atoms with Crippen molar-refractivity contribution in [2.24, 2.45) is 0 Å². The quantitative estimate of drug-likeness (QED) is 0.548. The lowest BCUT2D eigenvalue weighted by molar-refractivity contribution is 0.0707. The van der Waals surface area contributed by atoms with E-state index in [9.17, 15) is 4.79 Å². The van der Waals surface area contributed by atoms with Crippen molar-refractivity contribution in [3.05, 3.63) is 72.3 Å². The lowest BCUT2D eigenvalue weighted by Crippen LogP contribution is -2.19. The van der Waals surface area contributed by atoms with Crippen LogP contribution in [0.25, 0.3) is 21.9 Å².